The number of anilines is 1. The van der Waals surface area contributed by atoms with Gasteiger partial charge in [-0.25, -0.2) is 27.2 Å². The van der Waals surface area contributed by atoms with Crippen LogP contribution in [0.5, 0.6) is 0 Å². The maximum atomic E-state index is 15.1. The van der Waals surface area contributed by atoms with E-state index in [9.17, 15) is 13.2 Å². The van der Waals surface area contributed by atoms with Gasteiger partial charge in [-0.05, 0) is 43.2 Å². The molecule has 4 heterocycles. The van der Waals surface area contributed by atoms with Gasteiger partial charge < -0.3 is 9.88 Å². The summed E-state index contributed by atoms with van der Waals surface area (Å²) in [4.78, 5) is 8.70. The molecule has 1 N–H and O–H groups in total. The molecule has 200 valence electrons. The lowest BCUT2D eigenvalue weighted by Crippen LogP contribution is -2.32. The summed E-state index contributed by atoms with van der Waals surface area (Å²) in [5.74, 6) is -4.47. The Morgan fingerprint density at radius 1 is 1.05 bits per heavy atom. The number of nitrogens with zero attached hydrogens (tertiary/aromatic N) is 4. The summed E-state index contributed by atoms with van der Waals surface area (Å²) in [6, 6.07) is 9.84. The van der Waals surface area contributed by atoms with Gasteiger partial charge >= 0.3 is 0 Å². The third-order valence-electron chi connectivity index (χ3n) is 7.31. The highest BCUT2D eigenvalue weighted by molar-refractivity contribution is 6.36. The average molecular weight is 554 g/mol. The lowest BCUT2D eigenvalue weighted by atomic mass is 9.97. The molecule has 5 nitrogen and oxygen atoms in total. The summed E-state index contributed by atoms with van der Waals surface area (Å²) >= 11 is 6.55. The number of fused-ring (bicyclic) bond motifs is 2. The van der Waals surface area contributed by atoms with Crippen molar-refractivity contribution in [2.45, 2.75) is 39.7 Å². The fraction of sp³-hybridized carbons (Fsp3) is 0.241. The van der Waals surface area contributed by atoms with Crippen molar-refractivity contribution in [1.82, 2.24) is 19.7 Å². The molecule has 39 heavy (non-hydrogen) atoms. The largest absolute Gasteiger partial charge is 0.357 e. The first-order chi connectivity index (χ1) is 18.5. The molecule has 0 saturated heterocycles. The minimum absolute atomic E-state index is 0.0108. The van der Waals surface area contributed by atoms with Crippen LogP contribution in [0.2, 0.25) is 5.02 Å². The summed E-state index contributed by atoms with van der Waals surface area (Å²) in [7, 11) is 0. The highest BCUT2D eigenvalue weighted by atomic mass is 35.5. The van der Waals surface area contributed by atoms with Crippen LogP contribution in [0.15, 0.2) is 48.8 Å². The van der Waals surface area contributed by atoms with E-state index in [0.29, 0.717) is 41.6 Å². The van der Waals surface area contributed by atoms with Crippen LogP contribution in [-0.4, -0.2) is 26.3 Å². The van der Waals surface area contributed by atoms with Gasteiger partial charge in [0, 0.05) is 60.9 Å². The number of para-hydroxylation sites is 1. The maximum absolute atomic E-state index is 15.1. The SMILES string of the molecule is Cc1cccc(C)c1-n1nc2c(c1-c1ccc(F)c3[nH]cc(Cl)c13)CN(c1ncc(C(C)(F)F)cc1F)CC2. The number of halogens is 5. The predicted molar refractivity (Wildman–Crippen MR) is 144 cm³/mol. The molecule has 10 heteroatoms. The molecular weight excluding hydrogens is 530 g/mol. The fourth-order valence-corrected chi connectivity index (χ4v) is 5.66. The maximum Gasteiger partial charge on any atom is 0.272 e. The first-order valence-corrected chi connectivity index (χ1v) is 12.8. The average Bonchev–Trinajstić information content (AvgIpc) is 3.45. The van der Waals surface area contributed by atoms with Gasteiger partial charge in [-0.1, -0.05) is 29.8 Å². The van der Waals surface area contributed by atoms with Gasteiger partial charge in [0.05, 0.1) is 27.6 Å². The molecular formula is C29H24ClF4N5. The zero-order valence-corrected chi connectivity index (χ0v) is 22.2. The Hall–Kier alpha value is -3.85. The Morgan fingerprint density at radius 3 is 2.49 bits per heavy atom. The van der Waals surface area contributed by atoms with Crippen LogP contribution < -0.4 is 4.90 Å². The predicted octanol–water partition coefficient (Wildman–Crippen LogP) is 7.64. The van der Waals surface area contributed by atoms with Crippen LogP contribution in [0.3, 0.4) is 0 Å². The molecule has 0 unspecified atom stereocenters. The molecule has 0 spiro atoms. The minimum Gasteiger partial charge on any atom is -0.357 e. The van der Waals surface area contributed by atoms with Crippen LogP contribution in [-0.2, 0) is 18.9 Å². The molecule has 0 amide bonds. The van der Waals surface area contributed by atoms with Crippen molar-refractivity contribution in [1.29, 1.82) is 0 Å². The second kappa shape index (κ2) is 9.12. The molecule has 0 saturated carbocycles. The van der Waals surface area contributed by atoms with E-state index < -0.39 is 23.1 Å². The lowest BCUT2D eigenvalue weighted by Gasteiger charge is -2.28. The second-order valence-electron chi connectivity index (χ2n) is 10.00. The Kier molecular flexibility index (Phi) is 5.95. The van der Waals surface area contributed by atoms with Crippen molar-refractivity contribution < 1.29 is 17.6 Å². The van der Waals surface area contributed by atoms with Crippen LogP contribution in [0.1, 0.15) is 34.9 Å². The van der Waals surface area contributed by atoms with Crippen molar-refractivity contribution >= 4 is 28.3 Å². The fourth-order valence-electron chi connectivity index (χ4n) is 5.41. The number of nitrogens with one attached hydrogen (secondary N) is 1. The summed E-state index contributed by atoms with van der Waals surface area (Å²) in [6.45, 7) is 5.31. The van der Waals surface area contributed by atoms with Crippen LogP contribution in [0.4, 0.5) is 23.4 Å². The number of pyridine rings is 1. The molecule has 1 aliphatic rings. The molecule has 0 fully saturated rings. The minimum atomic E-state index is -3.20. The van der Waals surface area contributed by atoms with Crippen molar-refractivity contribution in [3.05, 3.63) is 93.4 Å². The zero-order chi connectivity index (χ0) is 27.6. The van der Waals surface area contributed by atoms with Gasteiger partial charge in [0.15, 0.2) is 11.6 Å². The number of hydrogen-bond acceptors (Lipinski definition) is 3. The van der Waals surface area contributed by atoms with Crippen molar-refractivity contribution in [3.8, 4) is 16.9 Å². The lowest BCUT2D eigenvalue weighted by molar-refractivity contribution is 0.0168. The van der Waals surface area contributed by atoms with Crippen LogP contribution in [0, 0.1) is 25.5 Å². The first kappa shape index (κ1) is 25.4. The smallest absolute Gasteiger partial charge is 0.272 e. The third kappa shape index (κ3) is 4.16. The van der Waals surface area contributed by atoms with E-state index in [4.69, 9.17) is 16.7 Å². The monoisotopic (exact) mass is 553 g/mol. The molecule has 0 radical (unpaired) electrons. The number of aromatic amines is 1. The van der Waals surface area contributed by atoms with Crippen LogP contribution in [0.25, 0.3) is 27.8 Å². The Bertz CT molecular complexity index is 1730. The number of hydrogen-bond donors (Lipinski definition) is 1. The van der Waals surface area contributed by atoms with E-state index >= 15 is 4.39 Å². The van der Waals surface area contributed by atoms with E-state index in [1.54, 1.807) is 17.2 Å². The topological polar surface area (TPSA) is 49.7 Å². The van der Waals surface area contributed by atoms with Gasteiger partial charge in [0.25, 0.3) is 5.92 Å². The van der Waals surface area contributed by atoms with Gasteiger partial charge in [-0.2, -0.15) is 5.10 Å². The molecule has 5 aromatic rings. The number of aryl methyl sites for hydroxylation is 2. The summed E-state index contributed by atoms with van der Waals surface area (Å²) in [5, 5.41) is 5.87. The molecule has 2 aromatic carbocycles. The number of H-pyrrole nitrogens is 1. The van der Waals surface area contributed by atoms with Gasteiger partial charge in [0.2, 0.25) is 0 Å². The standard InChI is InChI=1S/C29H24ClF4N5/c1-15-5-4-6-16(2)26(15)39-27(18-7-8-21(31)25-24(18)20(30)13-35-25)19-14-38(10-9-23(19)37-39)28-22(32)11-17(12-36-28)29(3,33)34/h4-8,11-13,35H,9-10,14H2,1-3H3. The first-order valence-electron chi connectivity index (χ1n) is 12.5. The van der Waals surface area contributed by atoms with Crippen molar-refractivity contribution in [2.24, 2.45) is 0 Å². The van der Waals surface area contributed by atoms with Crippen molar-refractivity contribution in [3.63, 3.8) is 0 Å². The van der Waals surface area contributed by atoms with Gasteiger partial charge in [-0.15, -0.1) is 0 Å². The highest BCUT2D eigenvalue weighted by Crippen LogP contribution is 2.41. The number of alkyl halides is 2. The van der Waals surface area contributed by atoms with E-state index in [0.717, 1.165) is 40.3 Å². The second-order valence-corrected chi connectivity index (χ2v) is 10.4. The van der Waals surface area contributed by atoms with E-state index in [1.807, 2.05) is 36.7 Å². The summed E-state index contributed by atoms with van der Waals surface area (Å²) in [6.07, 6.45) is 3.03. The zero-order valence-electron chi connectivity index (χ0n) is 21.4. The summed E-state index contributed by atoms with van der Waals surface area (Å²) in [5.41, 5.74) is 5.66. The van der Waals surface area contributed by atoms with E-state index in [-0.39, 0.29) is 17.9 Å². The van der Waals surface area contributed by atoms with E-state index in [2.05, 4.69) is 9.97 Å². The molecule has 3 aromatic heterocycles. The molecule has 6 rings (SSSR count). The number of rotatable bonds is 4. The Morgan fingerprint density at radius 2 is 1.79 bits per heavy atom. The molecule has 0 aliphatic carbocycles. The third-order valence-corrected chi connectivity index (χ3v) is 7.60. The molecule has 0 atom stereocenters. The Labute approximate surface area is 227 Å². The normalized spacial score (nSPS) is 13.8. The van der Waals surface area contributed by atoms with Gasteiger partial charge in [0.1, 0.15) is 5.82 Å². The summed E-state index contributed by atoms with van der Waals surface area (Å²) < 4.78 is 59.2. The number of aromatic nitrogens is 4. The van der Waals surface area contributed by atoms with Gasteiger partial charge in [-0.3, -0.25) is 0 Å². The highest BCUT2D eigenvalue weighted by Gasteiger charge is 2.32. The van der Waals surface area contributed by atoms with E-state index in [1.165, 1.54) is 6.07 Å². The number of benzene rings is 2. The molecule has 0 bridgehead atoms. The van der Waals surface area contributed by atoms with Crippen LogP contribution >= 0.6 is 11.6 Å². The quantitative estimate of drug-likeness (QED) is 0.233. The Balaban J connectivity index is 1.57. The van der Waals surface area contributed by atoms with Crippen molar-refractivity contribution in [2.75, 3.05) is 11.4 Å². The molecule has 1 aliphatic heterocycles.